The number of amides is 3. The molecule has 0 saturated heterocycles. The second kappa shape index (κ2) is 27.4. The highest BCUT2D eigenvalue weighted by atomic mass is 16.2. The molecule has 0 aliphatic heterocycles. The predicted octanol–water partition coefficient (Wildman–Crippen LogP) is 8.03. The summed E-state index contributed by atoms with van der Waals surface area (Å²) >= 11 is 0. The minimum absolute atomic E-state index is 0.0726. The van der Waals surface area contributed by atoms with Gasteiger partial charge in [-0.05, 0) is 31.4 Å². The van der Waals surface area contributed by atoms with Gasteiger partial charge >= 0.3 is 0 Å². The van der Waals surface area contributed by atoms with Crippen LogP contribution in [0.15, 0.2) is 24.5 Å². The summed E-state index contributed by atoms with van der Waals surface area (Å²) in [6, 6.07) is 2.48. The van der Waals surface area contributed by atoms with Gasteiger partial charge in [0.2, 0.25) is 11.8 Å². The van der Waals surface area contributed by atoms with Crippen LogP contribution >= 0.6 is 0 Å². The SMILES string of the molecule is CCCCCCCCCCCCNC(=O)CC[C@H](NC(=O)c1ccncc1)C(=O)NCCCCCCCCCCCC. The van der Waals surface area contributed by atoms with Crippen molar-refractivity contribution in [2.75, 3.05) is 13.1 Å². The molecule has 1 aromatic rings. The number of carbonyl (C=O) groups is 3. The predicted molar refractivity (Wildman–Crippen MR) is 174 cm³/mol. The van der Waals surface area contributed by atoms with Crippen LogP contribution in [0.2, 0.25) is 0 Å². The summed E-state index contributed by atoms with van der Waals surface area (Å²) in [6.45, 7) is 5.74. The summed E-state index contributed by atoms with van der Waals surface area (Å²) in [5.74, 6) is -0.630. The van der Waals surface area contributed by atoms with E-state index in [1.807, 2.05) is 0 Å². The van der Waals surface area contributed by atoms with Gasteiger partial charge in [-0.15, -0.1) is 0 Å². The highest BCUT2D eigenvalue weighted by molar-refractivity contribution is 5.97. The van der Waals surface area contributed by atoms with Crippen molar-refractivity contribution in [3.8, 4) is 0 Å². The maximum absolute atomic E-state index is 13.0. The molecule has 42 heavy (non-hydrogen) atoms. The smallest absolute Gasteiger partial charge is 0.252 e. The Balaban J connectivity index is 2.30. The summed E-state index contributed by atoms with van der Waals surface area (Å²) < 4.78 is 0. The van der Waals surface area contributed by atoms with Crippen molar-refractivity contribution in [1.82, 2.24) is 20.9 Å². The number of unbranched alkanes of at least 4 members (excludes halogenated alkanes) is 18. The normalized spacial score (nSPS) is 11.7. The molecule has 3 N–H and O–H groups in total. The maximum Gasteiger partial charge on any atom is 0.252 e. The molecule has 0 radical (unpaired) electrons. The summed E-state index contributed by atoms with van der Waals surface area (Å²) in [4.78, 5) is 42.1. The third-order valence-electron chi connectivity index (χ3n) is 7.91. The van der Waals surface area contributed by atoms with Gasteiger partial charge in [-0.1, -0.05) is 129 Å². The molecule has 7 heteroatoms. The molecule has 1 rings (SSSR count). The molecule has 0 bridgehead atoms. The van der Waals surface area contributed by atoms with E-state index in [1.165, 1.54) is 103 Å². The van der Waals surface area contributed by atoms with Gasteiger partial charge in [-0.3, -0.25) is 19.4 Å². The topological polar surface area (TPSA) is 100 Å². The lowest BCUT2D eigenvalue weighted by Crippen LogP contribution is -2.47. The molecule has 0 aliphatic rings. The van der Waals surface area contributed by atoms with Crippen LogP contribution in [0.3, 0.4) is 0 Å². The van der Waals surface area contributed by atoms with Crippen LogP contribution in [0.5, 0.6) is 0 Å². The second-order valence-corrected chi connectivity index (χ2v) is 11.8. The molecule has 1 heterocycles. The minimum atomic E-state index is -0.753. The van der Waals surface area contributed by atoms with E-state index in [2.05, 4.69) is 34.8 Å². The van der Waals surface area contributed by atoms with Crippen molar-refractivity contribution < 1.29 is 14.4 Å². The Morgan fingerprint density at radius 3 is 1.52 bits per heavy atom. The van der Waals surface area contributed by atoms with Crippen LogP contribution in [0.25, 0.3) is 0 Å². The van der Waals surface area contributed by atoms with Crippen molar-refractivity contribution in [3.05, 3.63) is 30.1 Å². The number of rotatable bonds is 28. The second-order valence-electron chi connectivity index (χ2n) is 11.8. The van der Waals surface area contributed by atoms with Gasteiger partial charge < -0.3 is 16.0 Å². The standard InChI is InChI=1S/C35H62N4O3/c1-3-5-7-9-11-13-15-17-19-21-27-37-33(40)24-23-32(39-34(41)31-25-29-36-30-26-31)35(42)38-28-22-20-18-16-14-12-10-8-6-4-2/h25-26,29-30,32H,3-24,27-28H2,1-2H3,(H,37,40)(H,38,42)(H,39,41)/t32-/m0/s1. The van der Waals surface area contributed by atoms with Gasteiger partial charge in [0.1, 0.15) is 6.04 Å². The lowest BCUT2D eigenvalue weighted by molar-refractivity contribution is -0.124. The Kier molecular flexibility index (Phi) is 24.5. The fourth-order valence-corrected chi connectivity index (χ4v) is 5.16. The highest BCUT2D eigenvalue weighted by Crippen LogP contribution is 2.11. The average Bonchev–Trinajstić information content (AvgIpc) is 3.00. The highest BCUT2D eigenvalue weighted by Gasteiger charge is 2.22. The van der Waals surface area contributed by atoms with E-state index in [-0.39, 0.29) is 30.6 Å². The summed E-state index contributed by atoms with van der Waals surface area (Å²) in [5.41, 5.74) is 0.447. The number of nitrogens with zero attached hydrogens (tertiary/aromatic N) is 1. The Morgan fingerprint density at radius 2 is 1.05 bits per heavy atom. The van der Waals surface area contributed by atoms with Crippen molar-refractivity contribution in [3.63, 3.8) is 0 Å². The molecule has 1 aromatic heterocycles. The summed E-state index contributed by atoms with van der Waals surface area (Å²) in [5, 5.41) is 8.80. The van der Waals surface area contributed by atoms with Gasteiger partial charge in [0, 0.05) is 37.5 Å². The first kappa shape index (κ1) is 37.6. The van der Waals surface area contributed by atoms with Crippen LogP contribution in [0.4, 0.5) is 0 Å². The molecule has 1 atom stereocenters. The van der Waals surface area contributed by atoms with Gasteiger partial charge in [0.05, 0.1) is 0 Å². The van der Waals surface area contributed by atoms with Gasteiger partial charge in [0.15, 0.2) is 0 Å². The number of pyridine rings is 1. The molecule has 0 fully saturated rings. The van der Waals surface area contributed by atoms with Crippen LogP contribution in [-0.4, -0.2) is 41.8 Å². The molecule has 0 saturated carbocycles. The van der Waals surface area contributed by atoms with Crippen molar-refractivity contribution in [2.45, 2.75) is 161 Å². The number of hydrogen-bond donors (Lipinski definition) is 3. The van der Waals surface area contributed by atoms with E-state index in [0.717, 1.165) is 25.7 Å². The first-order valence-electron chi connectivity index (χ1n) is 17.3. The van der Waals surface area contributed by atoms with Crippen LogP contribution in [0, 0.1) is 0 Å². The van der Waals surface area contributed by atoms with E-state index < -0.39 is 6.04 Å². The number of hydrogen-bond acceptors (Lipinski definition) is 4. The fraction of sp³-hybridized carbons (Fsp3) is 0.771. The van der Waals surface area contributed by atoms with E-state index in [1.54, 1.807) is 24.5 Å². The molecular formula is C35H62N4O3. The van der Waals surface area contributed by atoms with Gasteiger partial charge in [-0.25, -0.2) is 0 Å². The third kappa shape index (κ3) is 21.3. The first-order valence-corrected chi connectivity index (χ1v) is 17.3. The van der Waals surface area contributed by atoms with Crippen molar-refractivity contribution >= 4 is 17.7 Å². The monoisotopic (exact) mass is 586 g/mol. The largest absolute Gasteiger partial charge is 0.356 e. The fourth-order valence-electron chi connectivity index (χ4n) is 5.16. The molecular weight excluding hydrogens is 524 g/mol. The molecule has 3 amide bonds. The Hall–Kier alpha value is -2.44. The van der Waals surface area contributed by atoms with Crippen LogP contribution < -0.4 is 16.0 Å². The Labute approximate surface area is 257 Å². The number of nitrogens with one attached hydrogen (secondary N) is 3. The van der Waals surface area contributed by atoms with Crippen LogP contribution in [-0.2, 0) is 9.59 Å². The van der Waals surface area contributed by atoms with E-state index in [9.17, 15) is 14.4 Å². The zero-order valence-corrected chi connectivity index (χ0v) is 27.0. The van der Waals surface area contributed by atoms with Gasteiger partial charge in [-0.2, -0.15) is 0 Å². The molecule has 0 aliphatic carbocycles. The van der Waals surface area contributed by atoms with E-state index >= 15 is 0 Å². The molecule has 0 aromatic carbocycles. The van der Waals surface area contributed by atoms with E-state index in [4.69, 9.17) is 0 Å². The Morgan fingerprint density at radius 1 is 0.619 bits per heavy atom. The Bertz CT molecular complexity index is 803. The van der Waals surface area contributed by atoms with Crippen molar-refractivity contribution in [2.24, 2.45) is 0 Å². The molecule has 0 unspecified atom stereocenters. The van der Waals surface area contributed by atoms with Crippen LogP contribution in [0.1, 0.15) is 165 Å². The average molecular weight is 587 g/mol. The number of aromatic nitrogens is 1. The van der Waals surface area contributed by atoms with Crippen molar-refractivity contribution in [1.29, 1.82) is 0 Å². The minimum Gasteiger partial charge on any atom is -0.356 e. The number of carbonyl (C=O) groups excluding carboxylic acids is 3. The lowest BCUT2D eigenvalue weighted by atomic mass is 10.1. The van der Waals surface area contributed by atoms with Gasteiger partial charge in [0.25, 0.3) is 5.91 Å². The van der Waals surface area contributed by atoms with E-state index in [0.29, 0.717) is 18.7 Å². The zero-order chi connectivity index (χ0) is 30.5. The summed E-state index contributed by atoms with van der Waals surface area (Å²) in [7, 11) is 0. The quantitative estimate of drug-likeness (QED) is 0.0865. The molecule has 240 valence electrons. The maximum atomic E-state index is 13.0. The zero-order valence-electron chi connectivity index (χ0n) is 27.0. The summed E-state index contributed by atoms with van der Waals surface area (Å²) in [6.07, 6.45) is 28.5. The first-order chi connectivity index (χ1) is 20.6. The third-order valence-corrected chi connectivity index (χ3v) is 7.91. The lowest BCUT2D eigenvalue weighted by Gasteiger charge is -2.18. The molecule has 0 spiro atoms. The molecule has 7 nitrogen and oxygen atoms in total.